The number of nitrogens with two attached hydrogens (primary N) is 1. The maximum Gasteiger partial charge on any atom is 0.302 e. The molecule has 4 aliphatic carbocycles. The summed E-state index contributed by atoms with van der Waals surface area (Å²) < 4.78 is 5.68. The number of alkyl halides is 1. The highest BCUT2D eigenvalue weighted by atomic mass is 35.5. The highest BCUT2D eigenvalue weighted by Gasteiger charge is 2.67. The number of hydrogen-bond donors (Lipinski definition) is 3. The monoisotopic (exact) mass is 425 g/mol. The van der Waals surface area contributed by atoms with Gasteiger partial charge in [-0.1, -0.05) is 13.8 Å². The summed E-state index contributed by atoms with van der Waals surface area (Å²) in [5.41, 5.74) is 3.71. The molecule has 4 aliphatic rings. The molecule has 7 heteroatoms. The molecular formula is C22H32ClNO5. The third-order valence-corrected chi connectivity index (χ3v) is 9.70. The maximum absolute atomic E-state index is 12.0. The van der Waals surface area contributed by atoms with E-state index in [1.807, 2.05) is 6.92 Å². The molecule has 1 amide bonds. The molecule has 6 nitrogen and oxygen atoms in total. The second kappa shape index (κ2) is 6.61. The standard InChI is InChI=1S/C22H32ClNO5/c1-11(25)29-16-5-4-14-12-6-9-22(28)18(23)17(26)13(19(24)27)10-21(22,3)15(12)7-8-20(14,16)2/h12,14-16,18,26,28H,4-10H2,1-3H3,(H2,24,27)/t12-,14-,15-,16-,18-,20-,21+,22+/m0/s1. The van der Waals surface area contributed by atoms with Crippen molar-refractivity contribution in [3.8, 4) is 0 Å². The lowest BCUT2D eigenvalue weighted by atomic mass is 9.43. The van der Waals surface area contributed by atoms with Gasteiger partial charge in [0.25, 0.3) is 0 Å². The molecule has 0 aromatic heterocycles. The zero-order valence-corrected chi connectivity index (χ0v) is 18.2. The lowest BCUT2D eigenvalue weighted by Crippen LogP contribution is -2.66. The number of hydrogen-bond acceptors (Lipinski definition) is 5. The van der Waals surface area contributed by atoms with Gasteiger partial charge in [0.15, 0.2) is 0 Å². The fourth-order valence-electron chi connectivity index (χ4n) is 7.57. The number of esters is 1. The van der Waals surface area contributed by atoms with Crippen molar-refractivity contribution in [1.82, 2.24) is 0 Å². The van der Waals surface area contributed by atoms with E-state index in [1.165, 1.54) is 6.92 Å². The van der Waals surface area contributed by atoms with E-state index in [0.717, 1.165) is 32.1 Å². The van der Waals surface area contributed by atoms with Crippen molar-refractivity contribution in [2.24, 2.45) is 34.3 Å². The second-order valence-electron chi connectivity index (χ2n) is 10.2. The van der Waals surface area contributed by atoms with Gasteiger partial charge in [-0.25, -0.2) is 0 Å². The third kappa shape index (κ3) is 2.71. The maximum atomic E-state index is 12.0. The van der Waals surface area contributed by atoms with Crippen LogP contribution in [-0.2, 0) is 14.3 Å². The number of halogens is 1. The van der Waals surface area contributed by atoms with Crippen molar-refractivity contribution in [3.63, 3.8) is 0 Å². The summed E-state index contributed by atoms with van der Waals surface area (Å²) in [6.45, 7) is 5.72. The van der Waals surface area contributed by atoms with Gasteiger partial charge in [0, 0.05) is 17.8 Å². The molecule has 4 N–H and O–H groups in total. The zero-order chi connectivity index (χ0) is 21.4. The Morgan fingerprint density at radius 1 is 1.14 bits per heavy atom. The number of carbonyl (C=O) groups is 2. The van der Waals surface area contributed by atoms with Crippen LogP contribution in [0.3, 0.4) is 0 Å². The predicted octanol–water partition coefficient (Wildman–Crippen LogP) is 3.20. The molecule has 162 valence electrons. The van der Waals surface area contributed by atoms with Crippen LogP contribution in [0.4, 0.5) is 0 Å². The van der Waals surface area contributed by atoms with Crippen molar-refractivity contribution in [3.05, 3.63) is 11.3 Å². The third-order valence-electron chi connectivity index (χ3n) is 9.13. The minimum Gasteiger partial charge on any atom is -0.510 e. The predicted molar refractivity (Wildman–Crippen MR) is 108 cm³/mol. The summed E-state index contributed by atoms with van der Waals surface area (Å²) in [5, 5.41) is 21.1. The van der Waals surface area contributed by atoms with Crippen molar-refractivity contribution in [2.45, 2.75) is 82.8 Å². The smallest absolute Gasteiger partial charge is 0.302 e. The first-order valence-electron chi connectivity index (χ1n) is 10.7. The number of aliphatic hydroxyl groups excluding tert-OH is 1. The Morgan fingerprint density at radius 3 is 2.45 bits per heavy atom. The van der Waals surface area contributed by atoms with Crippen molar-refractivity contribution in [2.75, 3.05) is 0 Å². The van der Waals surface area contributed by atoms with E-state index < -0.39 is 22.3 Å². The minimum absolute atomic E-state index is 0.0574. The van der Waals surface area contributed by atoms with Gasteiger partial charge in [0.2, 0.25) is 5.91 Å². The second-order valence-corrected chi connectivity index (χ2v) is 10.7. The Labute approximate surface area is 176 Å². The Morgan fingerprint density at radius 2 is 1.83 bits per heavy atom. The number of aliphatic hydroxyl groups is 2. The van der Waals surface area contributed by atoms with Crippen LogP contribution in [0.15, 0.2) is 11.3 Å². The van der Waals surface area contributed by atoms with Gasteiger partial charge in [0.1, 0.15) is 17.2 Å². The van der Waals surface area contributed by atoms with Gasteiger partial charge in [0.05, 0.1) is 11.2 Å². The first kappa shape index (κ1) is 21.0. The number of rotatable bonds is 2. The number of fused-ring (bicyclic) bond motifs is 5. The summed E-state index contributed by atoms with van der Waals surface area (Å²) >= 11 is 6.54. The molecule has 4 rings (SSSR count). The van der Waals surface area contributed by atoms with Crippen LogP contribution in [-0.4, -0.2) is 39.2 Å². The quantitative estimate of drug-likeness (QED) is 0.464. The van der Waals surface area contributed by atoms with E-state index in [0.29, 0.717) is 18.3 Å². The average molecular weight is 426 g/mol. The summed E-state index contributed by atoms with van der Waals surface area (Å²) in [5.74, 6) is -0.244. The molecule has 0 aliphatic heterocycles. The van der Waals surface area contributed by atoms with Crippen LogP contribution in [0.5, 0.6) is 0 Å². The average Bonchev–Trinajstić information content (AvgIpc) is 2.96. The highest BCUT2D eigenvalue weighted by Crippen LogP contribution is 2.68. The van der Waals surface area contributed by atoms with Crippen LogP contribution >= 0.6 is 11.6 Å². The fraction of sp³-hybridized carbons (Fsp3) is 0.818. The van der Waals surface area contributed by atoms with Crippen LogP contribution in [0, 0.1) is 28.6 Å². The Bertz CT molecular complexity index is 783. The molecule has 0 radical (unpaired) electrons. The number of carbonyl (C=O) groups excluding carboxylic acids is 2. The molecule has 0 saturated heterocycles. The van der Waals surface area contributed by atoms with Gasteiger partial charge < -0.3 is 20.7 Å². The normalized spacial score (nSPS) is 49.1. The van der Waals surface area contributed by atoms with E-state index in [9.17, 15) is 19.8 Å². The van der Waals surface area contributed by atoms with Gasteiger partial charge in [-0.2, -0.15) is 0 Å². The molecule has 3 fully saturated rings. The van der Waals surface area contributed by atoms with Crippen LogP contribution in [0.1, 0.15) is 65.7 Å². The first-order chi connectivity index (χ1) is 13.5. The Balaban J connectivity index is 1.70. The van der Waals surface area contributed by atoms with E-state index >= 15 is 0 Å². The topological polar surface area (TPSA) is 110 Å². The van der Waals surface area contributed by atoms with E-state index in [1.54, 1.807) is 0 Å². The molecule has 0 heterocycles. The number of ether oxygens (including phenoxy) is 1. The first-order valence-corrected chi connectivity index (χ1v) is 11.1. The summed E-state index contributed by atoms with van der Waals surface area (Å²) in [6.07, 6.45) is 5.10. The van der Waals surface area contributed by atoms with Gasteiger partial charge >= 0.3 is 5.97 Å². The lowest BCUT2D eigenvalue weighted by molar-refractivity contribution is -0.197. The molecule has 0 spiro atoms. The van der Waals surface area contributed by atoms with Crippen molar-refractivity contribution < 1.29 is 24.5 Å². The number of amides is 1. The van der Waals surface area contributed by atoms with Crippen molar-refractivity contribution in [1.29, 1.82) is 0 Å². The highest BCUT2D eigenvalue weighted by molar-refractivity contribution is 6.23. The molecule has 3 saturated carbocycles. The number of primary amides is 1. The molecule has 0 bridgehead atoms. The van der Waals surface area contributed by atoms with Crippen LogP contribution in [0.2, 0.25) is 0 Å². The molecule has 8 atom stereocenters. The molecule has 0 aromatic carbocycles. The van der Waals surface area contributed by atoms with Gasteiger partial charge in [-0.15, -0.1) is 11.6 Å². The largest absolute Gasteiger partial charge is 0.510 e. The van der Waals surface area contributed by atoms with Crippen LogP contribution in [0.25, 0.3) is 0 Å². The summed E-state index contributed by atoms with van der Waals surface area (Å²) in [4.78, 5) is 23.6. The van der Waals surface area contributed by atoms with Crippen LogP contribution < -0.4 is 5.73 Å². The zero-order valence-electron chi connectivity index (χ0n) is 17.4. The molecule has 0 aromatic rings. The summed E-state index contributed by atoms with van der Waals surface area (Å²) in [6, 6.07) is 0. The molecular weight excluding hydrogens is 394 g/mol. The lowest BCUT2D eigenvalue weighted by Gasteiger charge is -2.63. The molecule has 0 unspecified atom stereocenters. The van der Waals surface area contributed by atoms with E-state index in [2.05, 4.69) is 6.92 Å². The Hall–Kier alpha value is -1.27. The SMILES string of the molecule is CC(=O)O[C@H]1CC[C@H]2[C@@H]3CC[C@@]4(O)[C@@H](Cl)C(O)=C(C(N)=O)C[C@]4(C)[C@H]3CC[C@]12C. The molecule has 29 heavy (non-hydrogen) atoms. The van der Waals surface area contributed by atoms with Gasteiger partial charge in [-0.05, 0) is 62.7 Å². The summed E-state index contributed by atoms with van der Waals surface area (Å²) in [7, 11) is 0. The van der Waals surface area contributed by atoms with E-state index in [-0.39, 0.29) is 41.2 Å². The van der Waals surface area contributed by atoms with Crippen molar-refractivity contribution >= 4 is 23.5 Å². The fourth-order valence-corrected chi connectivity index (χ4v) is 8.06. The van der Waals surface area contributed by atoms with E-state index in [4.69, 9.17) is 22.1 Å². The van der Waals surface area contributed by atoms with Gasteiger partial charge in [-0.3, -0.25) is 9.59 Å². The Kier molecular flexibility index (Phi) is 4.78. The minimum atomic E-state index is -1.28.